The normalized spacial score (nSPS) is 24.3. The van der Waals surface area contributed by atoms with Crippen molar-refractivity contribution in [2.24, 2.45) is 11.7 Å². The molecule has 100 valence electrons. The van der Waals surface area contributed by atoms with Crippen LogP contribution in [0.4, 0.5) is 0 Å². The van der Waals surface area contributed by atoms with E-state index in [0.717, 1.165) is 24.5 Å². The number of rotatable bonds is 4. The number of methoxy groups -OCH3 is 1. The van der Waals surface area contributed by atoms with Crippen LogP contribution in [0, 0.1) is 5.92 Å². The third-order valence-corrected chi connectivity index (χ3v) is 3.74. The molecule has 1 aliphatic rings. The molecule has 18 heavy (non-hydrogen) atoms. The van der Waals surface area contributed by atoms with Crippen molar-refractivity contribution in [1.29, 1.82) is 0 Å². The molecule has 1 aliphatic carbocycles. The number of hydrogen-bond donors (Lipinski definition) is 1. The molecule has 2 rings (SSSR count). The van der Waals surface area contributed by atoms with Gasteiger partial charge in [-0.1, -0.05) is 12.8 Å². The second-order valence-electron chi connectivity index (χ2n) is 4.97. The van der Waals surface area contributed by atoms with E-state index in [4.69, 9.17) is 15.2 Å². The fraction of sp³-hybridized carbons (Fsp3) is 0.600. The summed E-state index contributed by atoms with van der Waals surface area (Å²) in [5, 5.41) is 0. The Morgan fingerprint density at radius 1 is 1.06 bits per heavy atom. The molecule has 0 saturated heterocycles. The largest absolute Gasteiger partial charge is 0.497 e. The van der Waals surface area contributed by atoms with Gasteiger partial charge in [-0.25, -0.2) is 0 Å². The lowest BCUT2D eigenvalue weighted by Crippen LogP contribution is -2.31. The van der Waals surface area contributed by atoms with Crippen molar-refractivity contribution in [2.45, 2.75) is 38.2 Å². The van der Waals surface area contributed by atoms with Gasteiger partial charge in [0.25, 0.3) is 0 Å². The second-order valence-corrected chi connectivity index (χ2v) is 4.97. The Kier molecular flexibility index (Phi) is 4.88. The van der Waals surface area contributed by atoms with Gasteiger partial charge in [0.05, 0.1) is 7.11 Å². The first kappa shape index (κ1) is 13.2. The van der Waals surface area contributed by atoms with Crippen LogP contribution in [0.2, 0.25) is 0 Å². The molecule has 1 fully saturated rings. The first-order chi connectivity index (χ1) is 8.83. The van der Waals surface area contributed by atoms with Crippen molar-refractivity contribution in [3.05, 3.63) is 24.3 Å². The summed E-state index contributed by atoms with van der Waals surface area (Å²) in [6, 6.07) is 7.81. The lowest BCUT2D eigenvalue weighted by molar-refractivity contribution is 0.129. The van der Waals surface area contributed by atoms with Crippen LogP contribution in [0.5, 0.6) is 11.5 Å². The molecule has 0 spiro atoms. The molecule has 0 heterocycles. The highest BCUT2D eigenvalue weighted by Gasteiger charge is 2.24. The minimum Gasteiger partial charge on any atom is -0.497 e. The molecule has 1 saturated carbocycles. The highest BCUT2D eigenvalue weighted by atomic mass is 16.5. The van der Waals surface area contributed by atoms with E-state index in [9.17, 15) is 0 Å². The topological polar surface area (TPSA) is 44.5 Å². The van der Waals surface area contributed by atoms with Crippen molar-refractivity contribution in [3.63, 3.8) is 0 Å². The van der Waals surface area contributed by atoms with Crippen molar-refractivity contribution < 1.29 is 9.47 Å². The van der Waals surface area contributed by atoms with E-state index in [1.54, 1.807) is 7.11 Å². The summed E-state index contributed by atoms with van der Waals surface area (Å²) >= 11 is 0. The van der Waals surface area contributed by atoms with Gasteiger partial charge in [-0.05, 0) is 50.1 Å². The third kappa shape index (κ3) is 3.39. The predicted molar refractivity (Wildman–Crippen MR) is 73.0 cm³/mol. The van der Waals surface area contributed by atoms with Gasteiger partial charge in [-0.15, -0.1) is 0 Å². The Bertz CT molecular complexity index is 350. The Hall–Kier alpha value is -1.22. The molecule has 2 unspecified atom stereocenters. The van der Waals surface area contributed by atoms with Crippen LogP contribution in [-0.2, 0) is 0 Å². The molecule has 0 radical (unpaired) electrons. The molecule has 2 atom stereocenters. The van der Waals surface area contributed by atoms with Crippen molar-refractivity contribution >= 4 is 0 Å². The zero-order valence-corrected chi connectivity index (χ0v) is 11.1. The monoisotopic (exact) mass is 249 g/mol. The number of ether oxygens (including phenoxy) is 2. The summed E-state index contributed by atoms with van der Waals surface area (Å²) < 4.78 is 11.2. The zero-order valence-electron chi connectivity index (χ0n) is 11.1. The fourth-order valence-electron chi connectivity index (χ4n) is 2.60. The van der Waals surface area contributed by atoms with Gasteiger partial charge in [-0.3, -0.25) is 0 Å². The quantitative estimate of drug-likeness (QED) is 0.834. The van der Waals surface area contributed by atoms with Gasteiger partial charge in [0.2, 0.25) is 0 Å². The summed E-state index contributed by atoms with van der Waals surface area (Å²) in [6.45, 7) is 0.723. The summed E-state index contributed by atoms with van der Waals surface area (Å²) in [4.78, 5) is 0. The maximum Gasteiger partial charge on any atom is 0.120 e. The van der Waals surface area contributed by atoms with Crippen molar-refractivity contribution in [3.8, 4) is 11.5 Å². The third-order valence-electron chi connectivity index (χ3n) is 3.74. The molecule has 2 N–H and O–H groups in total. The average molecular weight is 249 g/mol. The van der Waals surface area contributed by atoms with Gasteiger partial charge in [-0.2, -0.15) is 0 Å². The molecule has 0 aliphatic heterocycles. The van der Waals surface area contributed by atoms with Gasteiger partial charge in [0.1, 0.15) is 17.6 Å². The molecular formula is C15H23NO2. The maximum atomic E-state index is 6.10. The molecule has 3 nitrogen and oxygen atoms in total. The molecule has 1 aromatic rings. The maximum absolute atomic E-state index is 6.10. The standard InChI is InChI=1S/C15H23NO2/c1-17-13-7-9-14(10-8-13)18-15-6-4-2-3-5-12(15)11-16/h7-10,12,15H,2-6,11,16H2,1H3. The van der Waals surface area contributed by atoms with E-state index in [-0.39, 0.29) is 6.10 Å². The highest BCUT2D eigenvalue weighted by molar-refractivity contribution is 5.31. The molecule has 3 heteroatoms. The number of hydrogen-bond acceptors (Lipinski definition) is 3. The van der Waals surface area contributed by atoms with Crippen LogP contribution in [0.25, 0.3) is 0 Å². The van der Waals surface area contributed by atoms with E-state index in [1.807, 2.05) is 24.3 Å². The minimum atomic E-state index is 0.269. The van der Waals surface area contributed by atoms with Crippen LogP contribution >= 0.6 is 0 Å². The van der Waals surface area contributed by atoms with Crippen molar-refractivity contribution in [2.75, 3.05) is 13.7 Å². The van der Waals surface area contributed by atoms with E-state index in [2.05, 4.69) is 0 Å². The lowest BCUT2D eigenvalue weighted by Gasteiger charge is -2.25. The first-order valence-electron chi connectivity index (χ1n) is 6.84. The molecule has 0 amide bonds. The van der Waals surface area contributed by atoms with Crippen LogP contribution in [0.3, 0.4) is 0 Å². The number of benzene rings is 1. The smallest absolute Gasteiger partial charge is 0.120 e. The van der Waals surface area contributed by atoms with E-state index >= 15 is 0 Å². The first-order valence-corrected chi connectivity index (χ1v) is 6.84. The summed E-state index contributed by atoms with van der Waals surface area (Å²) in [5.74, 6) is 2.27. The van der Waals surface area contributed by atoms with E-state index in [0.29, 0.717) is 5.92 Å². The lowest BCUT2D eigenvalue weighted by atomic mass is 9.97. The summed E-state index contributed by atoms with van der Waals surface area (Å²) in [7, 11) is 1.67. The Labute approximate surface area is 109 Å². The summed E-state index contributed by atoms with van der Waals surface area (Å²) in [5.41, 5.74) is 5.86. The fourth-order valence-corrected chi connectivity index (χ4v) is 2.60. The number of nitrogens with two attached hydrogens (primary N) is 1. The molecule has 0 bridgehead atoms. The Morgan fingerprint density at radius 3 is 2.39 bits per heavy atom. The SMILES string of the molecule is COc1ccc(OC2CCCCCC2CN)cc1. The van der Waals surface area contributed by atoms with E-state index in [1.165, 1.54) is 25.7 Å². The molecular weight excluding hydrogens is 226 g/mol. The van der Waals surface area contributed by atoms with E-state index < -0.39 is 0 Å². The van der Waals surface area contributed by atoms with Crippen LogP contribution in [0.15, 0.2) is 24.3 Å². The molecule has 0 aromatic heterocycles. The van der Waals surface area contributed by atoms with Gasteiger partial charge in [0.15, 0.2) is 0 Å². The minimum absolute atomic E-state index is 0.269. The van der Waals surface area contributed by atoms with Gasteiger partial charge >= 0.3 is 0 Å². The molecule has 1 aromatic carbocycles. The Balaban J connectivity index is 2.00. The average Bonchev–Trinajstić information content (AvgIpc) is 2.64. The highest BCUT2D eigenvalue weighted by Crippen LogP contribution is 2.27. The summed E-state index contributed by atoms with van der Waals surface area (Å²) in [6.07, 6.45) is 6.41. The van der Waals surface area contributed by atoms with Crippen LogP contribution in [-0.4, -0.2) is 19.8 Å². The van der Waals surface area contributed by atoms with Crippen LogP contribution in [0.1, 0.15) is 32.1 Å². The van der Waals surface area contributed by atoms with Crippen molar-refractivity contribution in [1.82, 2.24) is 0 Å². The van der Waals surface area contributed by atoms with Crippen LogP contribution < -0.4 is 15.2 Å². The predicted octanol–water partition coefficient (Wildman–Crippen LogP) is 2.98. The Morgan fingerprint density at radius 2 is 1.72 bits per heavy atom. The second kappa shape index (κ2) is 6.64. The van der Waals surface area contributed by atoms with Gasteiger partial charge in [0, 0.05) is 5.92 Å². The zero-order chi connectivity index (χ0) is 12.8. The van der Waals surface area contributed by atoms with Gasteiger partial charge < -0.3 is 15.2 Å².